The van der Waals surface area contributed by atoms with Gasteiger partial charge < -0.3 is 24.1 Å². The van der Waals surface area contributed by atoms with Crippen molar-refractivity contribution < 1.29 is 14.6 Å². The van der Waals surface area contributed by atoms with Crippen molar-refractivity contribution in [3.63, 3.8) is 0 Å². The molecule has 1 unspecified atom stereocenters. The molecule has 2 aromatic heterocycles. The van der Waals surface area contributed by atoms with E-state index in [1.807, 2.05) is 6.07 Å². The van der Waals surface area contributed by atoms with Crippen LogP contribution in [0.2, 0.25) is 5.04 Å². The van der Waals surface area contributed by atoms with Crippen LogP contribution in [0.5, 0.6) is 11.8 Å². The Morgan fingerprint density at radius 2 is 1.41 bits per heavy atom. The number of aromatic hydroxyl groups is 2. The third-order valence-electron chi connectivity index (χ3n) is 9.99. The zero-order valence-corrected chi connectivity index (χ0v) is 27.5. The van der Waals surface area contributed by atoms with Gasteiger partial charge >= 0.3 is 0 Å². The van der Waals surface area contributed by atoms with Crippen LogP contribution in [0.25, 0.3) is 22.0 Å². The number of hydrogen-bond acceptors (Lipinski definition) is 4. The molecule has 7 heteroatoms. The minimum atomic E-state index is -2.65. The molecule has 1 atom stereocenters. The van der Waals surface area contributed by atoms with E-state index in [0.717, 1.165) is 41.5 Å². The van der Waals surface area contributed by atoms with Gasteiger partial charge in [-0.2, -0.15) is 0 Å². The van der Waals surface area contributed by atoms with E-state index in [1.54, 1.807) is 0 Å². The Morgan fingerprint density at radius 1 is 0.783 bits per heavy atom. The fourth-order valence-corrected chi connectivity index (χ4v) is 12.8. The first-order valence-corrected chi connectivity index (χ1v) is 18.1. The summed E-state index contributed by atoms with van der Waals surface area (Å²) in [5, 5.41) is 25.8. The molecule has 0 saturated heterocycles. The number of nitrogens with zero attached hydrogens (tertiary/aromatic N) is 2. The molecule has 0 amide bonds. The number of hydrogen-bond donors (Lipinski definition) is 3. The Labute approximate surface area is 270 Å². The predicted octanol–water partition coefficient (Wildman–Crippen LogP) is 7.76. The van der Waals surface area contributed by atoms with E-state index in [9.17, 15) is 10.2 Å². The fraction of sp³-hybridized carbons (Fsp3) is 0.231. The average Bonchev–Trinajstić information content (AvgIpc) is 3.70. The van der Waals surface area contributed by atoms with Crippen molar-refractivity contribution in [1.82, 2.24) is 9.55 Å². The van der Waals surface area contributed by atoms with Crippen LogP contribution in [0, 0.1) is 0 Å². The van der Waals surface area contributed by atoms with Gasteiger partial charge in [-0.1, -0.05) is 118 Å². The summed E-state index contributed by atoms with van der Waals surface area (Å²) in [6, 6.07) is 38.4. The normalized spacial score (nSPS) is 15.5. The monoisotopic (exact) mass is 625 g/mol. The molecule has 4 aromatic carbocycles. The van der Waals surface area contributed by atoms with Gasteiger partial charge in [-0.05, 0) is 39.5 Å². The summed E-state index contributed by atoms with van der Waals surface area (Å²) in [6.45, 7) is 8.33. The van der Waals surface area contributed by atoms with Crippen molar-refractivity contribution in [3.05, 3.63) is 120 Å². The molecule has 6 nitrogen and oxygen atoms in total. The van der Waals surface area contributed by atoms with Gasteiger partial charge in [0.05, 0.1) is 17.3 Å². The molecule has 0 fully saturated rings. The van der Waals surface area contributed by atoms with Crippen molar-refractivity contribution in [1.29, 1.82) is 0 Å². The molecule has 2 aliphatic heterocycles. The summed E-state index contributed by atoms with van der Waals surface area (Å²) in [7, 11) is -2.65. The molecule has 8 rings (SSSR count). The lowest BCUT2D eigenvalue weighted by Gasteiger charge is -2.43. The smallest absolute Gasteiger partial charge is 0.261 e. The predicted molar refractivity (Wildman–Crippen MR) is 188 cm³/mol. The number of benzene rings is 4. The maximum atomic E-state index is 11.2. The lowest BCUT2D eigenvalue weighted by molar-refractivity contribution is 0.284. The summed E-state index contributed by atoms with van der Waals surface area (Å²) in [5.74, 6) is -0.00936. The number of para-hydroxylation sites is 2. The lowest BCUT2D eigenvalue weighted by Crippen LogP contribution is -2.66. The zero-order valence-electron chi connectivity index (χ0n) is 26.5. The van der Waals surface area contributed by atoms with E-state index in [-0.39, 0.29) is 22.8 Å². The van der Waals surface area contributed by atoms with Crippen LogP contribution < -0.4 is 15.3 Å². The van der Waals surface area contributed by atoms with Gasteiger partial charge in [-0.25, -0.2) is 0 Å². The maximum absolute atomic E-state index is 11.2. The Kier molecular flexibility index (Phi) is 6.67. The van der Waals surface area contributed by atoms with Crippen molar-refractivity contribution in [3.8, 4) is 22.9 Å². The highest BCUT2D eigenvalue weighted by Crippen LogP contribution is 2.61. The number of anilines is 2. The molecular weight excluding hydrogens is 587 g/mol. The van der Waals surface area contributed by atoms with Crippen LogP contribution in [0.1, 0.15) is 44.5 Å². The van der Waals surface area contributed by atoms with E-state index in [0.29, 0.717) is 17.9 Å². The number of rotatable bonds is 7. The van der Waals surface area contributed by atoms with Gasteiger partial charge in [0.2, 0.25) is 11.8 Å². The summed E-state index contributed by atoms with van der Waals surface area (Å²) < 4.78 is 9.71. The Hall–Kier alpha value is -4.72. The largest absolute Gasteiger partial charge is 0.494 e. The van der Waals surface area contributed by atoms with E-state index in [1.165, 1.54) is 21.6 Å². The molecule has 0 saturated carbocycles. The number of aromatic amines is 1. The third kappa shape index (κ3) is 4.11. The number of H-pyrrole nitrogens is 1. The quantitative estimate of drug-likeness (QED) is 0.125. The summed E-state index contributed by atoms with van der Waals surface area (Å²) in [5.41, 5.74) is 6.92. The number of nitrogens with one attached hydrogen (secondary N) is 1. The lowest BCUT2D eigenvalue weighted by atomic mass is 9.93. The maximum Gasteiger partial charge on any atom is 0.261 e. The van der Waals surface area contributed by atoms with Gasteiger partial charge in [-0.3, -0.25) is 4.98 Å². The molecule has 232 valence electrons. The van der Waals surface area contributed by atoms with Crippen molar-refractivity contribution in [2.24, 2.45) is 0 Å². The van der Waals surface area contributed by atoms with E-state index in [4.69, 9.17) is 4.43 Å². The number of aryl methyl sites for hydroxylation is 1. The second kappa shape index (κ2) is 10.7. The highest BCUT2D eigenvalue weighted by molar-refractivity contribution is 6.99. The highest BCUT2D eigenvalue weighted by atomic mass is 28.4. The van der Waals surface area contributed by atoms with Crippen LogP contribution in [-0.4, -0.2) is 34.7 Å². The second-order valence-corrected chi connectivity index (χ2v) is 17.9. The van der Waals surface area contributed by atoms with Crippen LogP contribution in [0.4, 0.5) is 11.4 Å². The molecule has 0 aliphatic carbocycles. The molecular formula is C39H39N3O3Si. The standard InChI is InChI=1S/C39H39N3O3Si/c1-39(2,3)46(27-16-6-4-7-17-27,28-18-8-5-9-19-28)45-24-14-23-41-31-22-13-11-20-29(31)33-34-36(38(44)40-37(34)43)42-30-21-12-10-15-26(30)25-32(42)35(33)41/h4-13,15-22,32,40,43-44H,14,23-25H2,1-3H3. The van der Waals surface area contributed by atoms with Crippen molar-refractivity contribution in [2.75, 3.05) is 11.5 Å². The summed E-state index contributed by atoms with van der Waals surface area (Å²) >= 11 is 0. The van der Waals surface area contributed by atoms with Gasteiger partial charge in [0.15, 0.2) is 0 Å². The molecule has 2 aliphatic rings. The van der Waals surface area contributed by atoms with E-state index in [2.05, 4.69) is 138 Å². The number of fused-ring (bicyclic) bond motifs is 10. The molecule has 0 spiro atoms. The molecule has 0 radical (unpaired) electrons. The van der Waals surface area contributed by atoms with E-state index < -0.39 is 8.32 Å². The molecule has 0 bridgehead atoms. The Morgan fingerprint density at radius 3 is 2.11 bits per heavy atom. The van der Waals surface area contributed by atoms with Gasteiger partial charge in [0, 0.05) is 41.7 Å². The first-order valence-electron chi connectivity index (χ1n) is 16.2. The van der Waals surface area contributed by atoms with Crippen molar-refractivity contribution in [2.45, 2.75) is 51.2 Å². The molecule has 3 N–H and O–H groups in total. The molecule has 4 heterocycles. The first kappa shape index (κ1) is 28.7. The molecule has 46 heavy (non-hydrogen) atoms. The van der Waals surface area contributed by atoms with Gasteiger partial charge in [0.1, 0.15) is 5.69 Å². The van der Waals surface area contributed by atoms with Gasteiger partial charge in [-0.15, -0.1) is 0 Å². The van der Waals surface area contributed by atoms with Crippen molar-refractivity contribution >= 4 is 41.0 Å². The van der Waals surface area contributed by atoms with Crippen LogP contribution in [-0.2, 0) is 17.4 Å². The Bertz CT molecular complexity index is 2020. The number of aromatic nitrogens is 2. The van der Waals surface area contributed by atoms with Crippen LogP contribution in [0.15, 0.2) is 109 Å². The fourth-order valence-electron chi connectivity index (χ4n) is 8.20. The minimum absolute atomic E-state index is 0.00427. The minimum Gasteiger partial charge on any atom is -0.494 e. The third-order valence-corrected chi connectivity index (χ3v) is 15.0. The average molecular weight is 626 g/mol. The Balaban J connectivity index is 1.20. The second-order valence-electron chi connectivity index (χ2n) is 13.6. The topological polar surface area (TPSA) is 73.6 Å². The molecule has 6 aromatic rings. The van der Waals surface area contributed by atoms with Crippen LogP contribution in [0.3, 0.4) is 0 Å². The summed E-state index contributed by atoms with van der Waals surface area (Å²) in [4.78, 5) is 5.05. The van der Waals surface area contributed by atoms with E-state index >= 15 is 0 Å². The SMILES string of the molecule is CC(C)(C)[Si](OCCCn1c2c(c3ccccc31)-c1c(O)[nH]c(O)c1N1c3ccccc3CC21)(c1ccccc1)c1ccccc1. The van der Waals surface area contributed by atoms with Gasteiger partial charge in [0.25, 0.3) is 8.32 Å². The highest BCUT2D eigenvalue weighted by Gasteiger charge is 2.50. The summed E-state index contributed by atoms with van der Waals surface area (Å²) in [6.07, 6.45) is 1.65. The first-order chi connectivity index (χ1) is 22.3. The zero-order chi connectivity index (χ0) is 31.6. The van der Waals surface area contributed by atoms with Crippen LogP contribution >= 0.6 is 0 Å².